The zero-order valence-electron chi connectivity index (χ0n) is 11.4. The molecular weight excluding hydrogens is 355 g/mol. The van der Waals surface area contributed by atoms with Gasteiger partial charge in [0.05, 0.1) is 27.7 Å². The van der Waals surface area contributed by atoms with Crippen molar-refractivity contribution >= 4 is 33.7 Å². The Balaban J connectivity index is 2.32. The lowest BCUT2D eigenvalue weighted by molar-refractivity contribution is -0.137. The number of nitrogens with one attached hydrogen (secondary N) is 1. The van der Waals surface area contributed by atoms with Crippen LogP contribution in [0.25, 0.3) is 0 Å². The number of thiol groups is 1. The van der Waals surface area contributed by atoms with Gasteiger partial charge in [0, 0.05) is 0 Å². The zero-order chi connectivity index (χ0) is 17.2. The van der Waals surface area contributed by atoms with Gasteiger partial charge in [-0.3, -0.25) is 0 Å². The Hall–Kier alpha value is -1.93. The Morgan fingerprint density at radius 3 is 2.35 bits per heavy atom. The standard InChI is InChI=1S/C14H11ClF3NO3S/c15-10-5-8(7-23(21)22)1-3-11(10)19-12-6-9(14(16,17)18)2-4-13(12)20/h1-6,19-20,23H,7H2. The highest BCUT2D eigenvalue weighted by atomic mass is 35.5. The van der Waals surface area contributed by atoms with Crippen molar-refractivity contribution in [2.45, 2.75) is 11.9 Å². The Morgan fingerprint density at radius 2 is 1.78 bits per heavy atom. The van der Waals surface area contributed by atoms with E-state index in [0.29, 0.717) is 5.56 Å². The fraction of sp³-hybridized carbons (Fsp3) is 0.143. The average molecular weight is 366 g/mol. The Bertz CT molecular complexity index is 798. The molecule has 2 aromatic rings. The maximum Gasteiger partial charge on any atom is 0.416 e. The third kappa shape index (κ3) is 4.52. The maximum absolute atomic E-state index is 12.7. The molecule has 0 saturated carbocycles. The first-order valence-electron chi connectivity index (χ1n) is 6.24. The van der Waals surface area contributed by atoms with Crippen molar-refractivity contribution < 1.29 is 26.7 Å². The highest BCUT2D eigenvalue weighted by molar-refractivity contribution is 7.71. The van der Waals surface area contributed by atoms with Gasteiger partial charge in [-0.2, -0.15) is 13.2 Å². The van der Waals surface area contributed by atoms with Crippen molar-refractivity contribution in [1.29, 1.82) is 0 Å². The number of anilines is 2. The summed E-state index contributed by atoms with van der Waals surface area (Å²) < 4.78 is 59.4. The lowest BCUT2D eigenvalue weighted by atomic mass is 10.1. The van der Waals surface area contributed by atoms with E-state index in [1.165, 1.54) is 18.2 Å². The molecule has 23 heavy (non-hydrogen) atoms. The predicted molar refractivity (Wildman–Crippen MR) is 81.9 cm³/mol. The van der Waals surface area contributed by atoms with Gasteiger partial charge in [0.2, 0.25) is 0 Å². The molecule has 0 bridgehead atoms. The molecule has 2 aromatic carbocycles. The van der Waals surface area contributed by atoms with Gasteiger partial charge in [0.1, 0.15) is 16.5 Å². The van der Waals surface area contributed by atoms with Crippen LogP contribution in [0.4, 0.5) is 24.5 Å². The Kier molecular flexibility index (Phi) is 5.06. The van der Waals surface area contributed by atoms with Gasteiger partial charge in [-0.25, -0.2) is 8.42 Å². The van der Waals surface area contributed by atoms with Gasteiger partial charge in [-0.1, -0.05) is 17.7 Å². The average Bonchev–Trinajstić information content (AvgIpc) is 2.42. The molecule has 2 rings (SSSR count). The number of phenols is 1. The van der Waals surface area contributed by atoms with Crippen LogP contribution in [0.15, 0.2) is 36.4 Å². The van der Waals surface area contributed by atoms with Crippen molar-refractivity contribution in [1.82, 2.24) is 0 Å². The highest BCUT2D eigenvalue weighted by Gasteiger charge is 2.31. The van der Waals surface area contributed by atoms with E-state index in [1.807, 2.05) is 0 Å². The largest absolute Gasteiger partial charge is 0.506 e. The number of aromatic hydroxyl groups is 1. The number of rotatable bonds is 4. The second-order valence-corrected chi connectivity index (χ2v) is 6.05. The summed E-state index contributed by atoms with van der Waals surface area (Å²) in [6.45, 7) is 0. The molecule has 0 unspecified atom stereocenters. The van der Waals surface area contributed by atoms with Crippen molar-refractivity contribution in [2.24, 2.45) is 0 Å². The molecule has 0 radical (unpaired) electrons. The van der Waals surface area contributed by atoms with E-state index in [4.69, 9.17) is 11.6 Å². The minimum atomic E-state index is -4.54. The summed E-state index contributed by atoms with van der Waals surface area (Å²) >= 11 is 5.98. The quantitative estimate of drug-likeness (QED) is 0.567. The van der Waals surface area contributed by atoms with Crippen molar-refractivity contribution in [2.75, 3.05) is 5.32 Å². The molecule has 0 aliphatic carbocycles. The summed E-state index contributed by atoms with van der Waals surface area (Å²) in [5, 5.41) is 12.4. The van der Waals surface area contributed by atoms with E-state index in [1.54, 1.807) is 0 Å². The third-order valence-corrected chi connectivity index (χ3v) is 3.87. The normalized spacial score (nSPS) is 11.7. The van der Waals surface area contributed by atoms with Crippen LogP contribution < -0.4 is 5.32 Å². The fourth-order valence-electron chi connectivity index (χ4n) is 1.86. The molecule has 0 aliphatic heterocycles. The second kappa shape index (κ2) is 6.67. The van der Waals surface area contributed by atoms with Crippen LogP contribution in [0.5, 0.6) is 5.75 Å². The Morgan fingerprint density at radius 1 is 1.09 bits per heavy atom. The van der Waals surface area contributed by atoms with Crippen LogP contribution in [0.2, 0.25) is 5.02 Å². The smallest absolute Gasteiger partial charge is 0.416 e. The number of benzene rings is 2. The molecule has 9 heteroatoms. The van der Waals surface area contributed by atoms with Gasteiger partial charge >= 0.3 is 6.18 Å². The van der Waals surface area contributed by atoms with Gasteiger partial charge in [-0.15, -0.1) is 0 Å². The molecule has 0 fully saturated rings. The van der Waals surface area contributed by atoms with Gasteiger partial charge in [0.15, 0.2) is 0 Å². The fourth-order valence-corrected chi connectivity index (χ4v) is 2.61. The summed E-state index contributed by atoms with van der Waals surface area (Å²) in [4.78, 5) is 0. The van der Waals surface area contributed by atoms with E-state index in [0.717, 1.165) is 18.2 Å². The minimum absolute atomic E-state index is 0.121. The van der Waals surface area contributed by atoms with E-state index < -0.39 is 22.4 Å². The van der Waals surface area contributed by atoms with E-state index in [2.05, 4.69) is 5.32 Å². The molecule has 4 nitrogen and oxygen atoms in total. The van der Waals surface area contributed by atoms with Crippen LogP contribution in [0, 0.1) is 0 Å². The number of phenolic OH excluding ortho intramolecular Hbond substituents is 1. The van der Waals surface area contributed by atoms with Crippen LogP contribution in [0.3, 0.4) is 0 Å². The molecule has 0 heterocycles. The van der Waals surface area contributed by atoms with Gasteiger partial charge < -0.3 is 10.4 Å². The lowest BCUT2D eigenvalue weighted by Gasteiger charge is -2.13. The van der Waals surface area contributed by atoms with Gasteiger partial charge in [0.25, 0.3) is 0 Å². The minimum Gasteiger partial charge on any atom is -0.506 e. The molecule has 0 saturated heterocycles. The second-order valence-electron chi connectivity index (χ2n) is 4.66. The predicted octanol–water partition coefficient (Wildman–Crippen LogP) is 3.92. The summed E-state index contributed by atoms with van der Waals surface area (Å²) in [7, 11) is -2.61. The summed E-state index contributed by atoms with van der Waals surface area (Å²) in [5.41, 5.74) is -0.394. The van der Waals surface area contributed by atoms with Crippen molar-refractivity contribution in [3.8, 4) is 5.75 Å². The third-order valence-electron chi connectivity index (χ3n) is 2.94. The number of hydrogen-bond acceptors (Lipinski definition) is 4. The molecule has 0 aromatic heterocycles. The maximum atomic E-state index is 12.7. The molecule has 0 aliphatic rings. The van der Waals surface area contributed by atoms with Crippen molar-refractivity contribution in [3.05, 3.63) is 52.5 Å². The molecular formula is C14H11ClF3NO3S. The summed E-state index contributed by atoms with van der Waals surface area (Å²) in [5.74, 6) is -0.565. The van der Waals surface area contributed by atoms with Crippen molar-refractivity contribution in [3.63, 3.8) is 0 Å². The molecule has 0 amide bonds. The highest BCUT2D eigenvalue weighted by Crippen LogP contribution is 2.37. The number of alkyl halides is 3. The molecule has 2 N–H and O–H groups in total. The first-order chi connectivity index (χ1) is 10.7. The SMILES string of the molecule is O=[SH](=O)Cc1ccc(Nc2cc(C(F)(F)F)ccc2O)c(Cl)c1. The molecule has 124 valence electrons. The Labute approximate surface area is 136 Å². The zero-order valence-corrected chi connectivity index (χ0v) is 13.0. The number of halogens is 4. The van der Waals surface area contributed by atoms with E-state index >= 15 is 0 Å². The van der Waals surface area contributed by atoms with Crippen LogP contribution in [-0.2, 0) is 22.6 Å². The molecule has 0 atom stereocenters. The summed E-state index contributed by atoms with van der Waals surface area (Å²) in [6, 6.07) is 6.74. The van der Waals surface area contributed by atoms with Crippen LogP contribution in [-0.4, -0.2) is 13.5 Å². The van der Waals surface area contributed by atoms with E-state index in [-0.39, 0.29) is 27.9 Å². The summed E-state index contributed by atoms with van der Waals surface area (Å²) in [6.07, 6.45) is -4.54. The van der Waals surface area contributed by atoms with Gasteiger partial charge in [-0.05, 0) is 35.9 Å². The number of hydrogen-bond donors (Lipinski definition) is 3. The molecule has 0 spiro atoms. The first kappa shape index (κ1) is 17.4. The van der Waals surface area contributed by atoms with Crippen LogP contribution >= 0.6 is 11.6 Å². The first-order valence-corrected chi connectivity index (χ1v) is 7.98. The van der Waals surface area contributed by atoms with E-state index in [9.17, 15) is 26.7 Å². The van der Waals surface area contributed by atoms with Crippen LogP contribution in [0.1, 0.15) is 11.1 Å². The monoisotopic (exact) mass is 365 g/mol. The lowest BCUT2D eigenvalue weighted by Crippen LogP contribution is -2.05. The topological polar surface area (TPSA) is 66.4 Å².